The number of ether oxygens (including phenoxy) is 1. The molecule has 0 spiro atoms. The average molecular weight is 356 g/mol. The molecule has 5 atom stereocenters. The van der Waals surface area contributed by atoms with Gasteiger partial charge in [0.15, 0.2) is 8.38 Å². The fourth-order valence-corrected chi connectivity index (χ4v) is 3.59. The van der Waals surface area contributed by atoms with E-state index in [4.69, 9.17) is 33.9 Å². The van der Waals surface area contributed by atoms with Gasteiger partial charge in [0.05, 0.1) is 12.7 Å². The van der Waals surface area contributed by atoms with Crippen LogP contribution in [-0.2, 0) is 13.8 Å². The van der Waals surface area contributed by atoms with Crippen LogP contribution in [0.3, 0.4) is 0 Å². The van der Waals surface area contributed by atoms with E-state index in [9.17, 15) is 0 Å². The van der Waals surface area contributed by atoms with Crippen molar-refractivity contribution in [2.75, 3.05) is 19.8 Å². The highest BCUT2D eigenvalue weighted by Gasteiger charge is 2.38. The SMILES string of the molecule is CC(C)N.[B][C@@H]1O[C@H](CC)C(COP(OCC[N+]#[C-])C(C)C)[C@@H]1C. The highest BCUT2D eigenvalue weighted by atomic mass is 31.2. The summed E-state index contributed by atoms with van der Waals surface area (Å²) in [7, 11) is 5.02. The molecule has 1 aliphatic rings. The number of hydrogen-bond donors (Lipinski definition) is 1. The highest BCUT2D eigenvalue weighted by Crippen LogP contribution is 2.45. The zero-order chi connectivity index (χ0) is 18.7. The third kappa shape index (κ3) is 9.35. The Balaban J connectivity index is 0.00000118. The molecule has 1 aliphatic heterocycles. The van der Waals surface area contributed by atoms with Gasteiger partial charge in [-0.1, -0.05) is 41.5 Å². The van der Waals surface area contributed by atoms with Gasteiger partial charge in [-0.25, -0.2) is 6.57 Å². The van der Waals surface area contributed by atoms with Crippen molar-refractivity contribution in [3.63, 3.8) is 0 Å². The Hall–Kier alpha value is -0.175. The Morgan fingerprint density at radius 1 is 1.29 bits per heavy atom. The molecule has 0 amide bonds. The molecule has 138 valence electrons. The van der Waals surface area contributed by atoms with Gasteiger partial charge in [0.25, 0.3) is 0 Å². The topological polar surface area (TPSA) is 58.1 Å². The van der Waals surface area contributed by atoms with Gasteiger partial charge in [0.2, 0.25) is 6.54 Å². The minimum atomic E-state index is -0.945. The molecule has 1 heterocycles. The molecule has 0 aliphatic carbocycles. The summed E-state index contributed by atoms with van der Waals surface area (Å²) < 4.78 is 17.4. The van der Waals surface area contributed by atoms with Crippen LogP contribution in [0.25, 0.3) is 4.85 Å². The van der Waals surface area contributed by atoms with Crippen molar-refractivity contribution in [3.05, 3.63) is 11.4 Å². The normalized spacial score (nSPS) is 27.7. The fourth-order valence-electron chi connectivity index (χ4n) is 2.34. The maximum absolute atomic E-state index is 6.77. The predicted octanol–water partition coefficient (Wildman–Crippen LogP) is 3.57. The van der Waals surface area contributed by atoms with Gasteiger partial charge in [-0.3, -0.25) is 0 Å². The minimum absolute atomic E-state index is 0.173. The van der Waals surface area contributed by atoms with Crippen LogP contribution < -0.4 is 5.73 Å². The maximum Gasteiger partial charge on any atom is 0.238 e. The first kappa shape index (κ1) is 23.8. The Bertz CT molecular complexity index is 363. The summed E-state index contributed by atoms with van der Waals surface area (Å²) in [5, 5.41) is 0. The van der Waals surface area contributed by atoms with Crippen molar-refractivity contribution in [1.82, 2.24) is 0 Å². The quantitative estimate of drug-likeness (QED) is 0.313. The zero-order valence-electron chi connectivity index (χ0n) is 16.1. The molecule has 7 heteroatoms. The highest BCUT2D eigenvalue weighted by molar-refractivity contribution is 7.48. The van der Waals surface area contributed by atoms with Gasteiger partial charge in [-0.2, -0.15) is 0 Å². The summed E-state index contributed by atoms with van der Waals surface area (Å²) in [6, 6.07) is 0.141. The lowest BCUT2D eigenvalue weighted by molar-refractivity contribution is 0.0573. The van der Waals surface area contributed by atoms with Crippen LogP contribution in [-0.4, -0.2) is 51.4 Å². The van der Waals surface area contributed by atoms with Gasteiger partial charge >= 0.3 is 0 Å². The molecular weight excluding hydrogens is 322 g/mol. The van der Waals surface area contributed by atoms with Crippen LogP contribution >= 0.6 is 8.38 Å². The van der Waals surface area contributed by atoms with Crippen molar-refractivity contribution in [2.45, 2.75) is 71.8 Å². The number of rotatable bonds is 8. The number of hydrogen-bond acceptors (Lipinski definition) is 4. The molecule has 0 aromatic heterocycles. The van der Waals surface area contributed by atoms with E-state index in [-0.39, 0.29) is 12.1 Å². The first-order chi connectivity index (χ1) is 11.2. The van der Waals surface area contributed by atoms with E-state index in [0.29, 0.717) is 43.3 Å². The van der Waals surface area contributed by atoms with Crippen LogP contribution in [0.4, 0.5) is 0 Å². The molecule has 24 heavy (non-hydrogen) atoms. The summed E-state index contributed by atoms with van der Waals surface area (Å²) in [6.45, 7) is 20.5. The molecule has 1 rings (SSSR count). The first-order valence-electron chi connectivity index (χ1n) is 8.79. The lowest BCUT2D eigenvalue weighted by Gasteiger charge is -2.25. The van der Waals surface area contributed by atoms with Gasteiger partial charge < -0.3 is 24.4 Å². The van der Waals surface area contributed by atoms with Crippen LogP contribution in [0.2, 0.25) is 0 Å². The van der Waals surface area contributed by atoms with E-state index < -0.39 is 8.38 Å². The second-order valence-corrected chi connectivity index (χ2v) is 8.82. The smallest absolute Gasteiger partial charge is 0.238 e. The van der Waals surface area contributed by atoms with Crippen molar-refractivity contribution in [1.29, 1.82) is 0 Å². The van der Waals surface area contributed by atoms with Crippen molar-refractivity contribution < 1.29 is 13.8 Å². The molecule has 0 bridgehead atoms. The van der Waals surface area contributed by atoms with Crippen molar-refractivity contribution >= 4 is 16.2 Å². The lowest BCUT2D eigenvalue weighted by atomic mass is 9.81. The molecule has 5 nitrogen and oxygen atoms in total. The molecule has 0 aromatic carbocycles. The second kappa shape index (κ2) is 13.1. The standard InChI is InChI=1S/C14H25BNO3P.C3H9N/c1-6-13-12(11(4)14(15)19-13)9-18-20(10(2)3)17-8-7-16-5;1-3(2)4/h10-14H,6-9H2,1-4H3;3H,4H2,1-2H3/t11-,12?,13+,14+,20?;/m0./s1. The molecule has 2 radical (unpaired) electrons. The monoisotopic (exact) mass is 356 g/mol. The third-order valence-corrected chi connectivity index (χ3v) is 5.33. The molecule has 0 saturated carbocycles. The largest absolute Gasteiger partial charge is 0.384 e. The average Bonchev–Trinajstić information content (AvgIpc) is 2.77. The van der Waals surface area contributed by atoms with Gasteiger partial charge in [0.1, 0.15) is 14.5 Å². The van der Waals surface area contributed by atoms with E-state index in [1.54, 1.807) is 0 Å². The minimum Gasteiger partial charge on any atom is -0.384 e. The van der Waals surface area contributed by atoms with Crippen LogP contribution in [0.15, 0.2) is 0 Å². The summed E-state index contributed by atoms with van der Waals surface area (Å²) >= 11 is 0. The fraction of sp³-hybridized carbons (Fsp3) is 0.941. The molecule has 1 fully saturated rings. The second-order valence-electron chi connectivity index (χ2n) is 6.70. The molecular formula is C17H34BN2O3P. The lowest BCUT2D eigenvalue weighted by Crippen LogP contribution is -2.24. The van der Waals surface area contributed by atoms with E-state index in [1.807, 2.05) is 13.8 Å². The van der Waals surface area contributed by atoms with Gasteiger partial charge in [0, 0.05) is 17.6 Å². The van der Waals surface area contributed by atoms with Gasteiger partial charge in [-0.05, 0) is 18.4 Å². The van der Waals surface area contributed by atoms with Crippen LogP contribution in [0, 0.1) is 18.4 Å². The number of nitrogens with zero attached hydrogens (tertiary/aromatic N) is 1. The first-order valence-corrected chi connectivity index (χ1v) is 10.0. The maximum atomic E-state index is 6.77. The Kier molecular flexibility index (Phi) is 13.0. The Labute approximate surface area is 151 Å². The zero-order valence-corrected chi connectivity index (χ0v) is 17.0. The Morgan fingerprint density at radius 3 is 2.33 bits per heavy atom. The number of nitrogens with two attached hydrogens (primary N) is 1. The third-order valence-electron chi connectivity index (χ3n) is 3.64. The van der Waals surface area contributed by atoms with E-state index in [0.717, 1.165) is 6.42 Å². The molecule has 0 aromatic rings. The molecule has 2 unspecified atom stereocenters. The summed E-state index contributed by atoms with van der Waals surface area (Å²) in [4.78, 5) is 3.30. The van der Waals surface area contributed by atoms with Crippen molar-refractivity contribution in [3.8, 4) is 0 Å². The summed E-state index contributed by atoms with van der Waals surface area (Å²) in [6.07, 6.45) is 1.12. The van der Waals surface area contributed by atoms with Crippen LogP contribution in [0.5, 0.6) is 0 Å². The predicted molar refractivity (Wildman–Crippen MR) is 102 cm³/mol. The Morgan fingerprint density at radius 2 is 1.88 bits per heavy atom. The molecule has 2 N–H and O–H groups in total. The van der Waals surface area contributed by atoms with E-state index >= 15 is 0 Å². The summed E-state index contributed by atoms with van der Waals surface area (Å²) in [5.41, 5.74) is 5.43. The van der Waals surface area contributed by atoms with Crippen molar-refractivity contribution in [2.24, 2.45) is 17.6 Å². The van der Waals surface area contributed by atoms with E-state index in [1.165, 1.54) is 0 Å². The summed E-state index contributed by atoms with van der Waals surface area (Å²) in [5.74, 6) is 0.621. The molecule has 1 saturated heterocycles. The van der Waals surface area contributed by atoms with Gasteiger partial charge in [-0.15, -0.1) is 0 Å². The van der Waals surface area contributed by atoms with Crippen LogP contribution in [0.1, 0.15) is 48.0 Å². The van der Waals surface area contributed by atoms with E-state index in [2.05, 4.69) is 32.5 Å².